The van der Waals surface area contributed by atoms with Crippen LogP contribution in [0.4, 0.5) is 0 Å². The molecular weight excluding hydrogens is 600 g/mol. The molecule has 10 atom stereocenters. The quantitative estimate of drug-likeness (QED) is 0.166. The second-order valence-electron chi connectivity index (χ2n) is 10.8. The van der Waals surface area contributed by atoms with Gasteiger partial charge in [0.1, 0.15) is 77.1 Å². The average Bonchev–Trinajstić information content (AvgIpc) is 3.04. The van der Waals surface area contributed by atoms with Crippen LogP contribution in [-0.4, -0.2) is 119 Å². The first kappa shape index (κ1) is 32.9. The predicted octanol–water partition coefficient (Wildman–Crippen LogP) is -0.442. The summed E-state index contributed by atoms with van der Waals surface area (Å²) in [7, 11) is 4.20. The second kappa shape index (κ2) is 13.1. The predicted molar refractivity (Wildman–Crippen MR) is 153 cm³/mol. The molecule has 2 fully saturated rings. The smallest absolute Gasteiger partial charge is 0.197 e. The van der Waals surface area contributed by atoms with Crippen molar-refractivity contribution in [1.29, 1.82) is 0 Å². The third kappa shape index (κ3) is 5.82. The maximum atomic E-state index is 13.5. The van der Waals surface area contributed by atoms with Gasteiger partial charge in [-0.05, 0) is 25.1 Å². The molecule has 10 unspecified atom stereocenters. The molecule has 2 aliphatic rings. The fourth-order valence-corrected chi connectivity index (χ4v) is 5.63. The lowest BCUT2D eigenvalue weighted by molar-refractivity contribution is -0.338. The summed E-state index contributed by atoms with van der Waals surface area (Å²) < 4.78 is 39.4. The molecule has 2 aliphatic heterocycles. The maximum Gasteiger partial charge on any atom is 0.197 e. The van der Waals surface area contributed by atoms with Gasteiger partial charge in [0.15, 0.2) is 23.2 Å². The van der Waals surface area contributed by atoms with Crippen LogP contribution in [0, 0.1) is 0 Å². The third-order valence-electron chi connectivity index (χ3n) is 8.13. The molecule has 45 heavy (non-hydrogen) atoms. The number of hydrogen-bond acceptors (Lipinski definition) is 15. The van der Waals surface area contributed by atoms with Gasteiger partial charge < -0.3 is 68.6 Å². The van der Waals surface area contributed by atoms with E-state index in [0.29, 0.717) is 17.1 Å². The van der Waals surface area contributed by atoms with Crippen molar-refractivity contribution in [3.05, 3.63) is 46.1 Å². The Kier molecular flexibility index (Phi) is 9.55. The summed E-state index contributed by atoms with van der Waals surface area (Å²) in [6.07, 6.45) is -15.6. The average molecular weight is 637 g/mol. The van der Waals surface area contributed by atoms with Crippen LogP contribution < -0.4 is 19.6 Å². The van der Waals surface area contributed by atoms with E-state index < -0.39 is 79.0 Å². The molecule has 2 aromatic carbocycles. The summed E-state index contributed by atoms with van der Waals surface area (Å²) >= 11 is 0. The van der Waals surface area contributed by atoms with Gasteiger partial charge in [0.05, 0.1) is 39.6 Å². The third-order valence-corrected chi connectivity index (χ3v) is 8.13. The number of phenolic OH excluding ortho intramolecular Hbond substituents is 1. The van der Waals surface area contributed by atoms with E-state index in [1.165, 1.54) is 34.3 Å². The number of benzene rings is 2. The summed E-state index contributed by atoms with van der Waals surface area (Å²) in [6, 6.07) is 7.35. The Bertz CT molecular complexity index is 1570. The molecule has 5 rings (SSSR count). The minimum atomic E-state index is -1.81. The van der Waals surface area contributed by atoms with E-state index >= 15 is 0 Å². The highest BCUT2D eigenvalue weighted by molar-refractivity contribution is 5.88. The van der Waals surface area contributed by atoms with Gasteiger partial charge in [0.25, 0.3) is 0 Å². The van der Waals surface area contributed by atoms with Crippen LogP contribution in [0.15, 0.2) is 39.5 Å². The number of hydrogen-bond donors (Lipinski definition) is 7. The van der Waals surface area contributed by atoms with Gasteiger partial charge in [-0.25, -0.2) is 0 Å². The zero-order chi connectivity index (χ0) is 32.7. The van der Waals surface area contributed by atoms with Gasteiger partial charge in [-0.1, -0.05) is 0 Å². The Hall–Kier alpha value is -3.51. The van der Waals surface area contributed by atoms with Crippen molar-refractivity contribution in [3.8, 4) is 34.3 Å². The first-order valence-electron chi connectivity index (χ1n) is 14.0. The van der Waals surface area contributed by atoms with Gasteiger partial charge in [-0.3, -0.25) is 4.79 Å². The fourth-order valence-electron chi connectivity index (χ4n) is 5.63. The Morgan fingerprint density at radius 1 is 0.800 bits per heavy atom. The number of phenols is 1. The summed E-state index contributed by atoms with van der Waals surface area (Å²) in [5.74, 6) is 0.231. The number of fused-ring (bicyclic) bond motifs is 1. The first-order valence-corrected chi connectivity index (χ1v) is 14.0. The van der Waals surface area contributed by atoms with Crippen molar-refractivity contribution < 1.29 is 68.6 Å². The monoisotopic (exact) mass is 636 g/mol. The van der Waals surface area contributed by atoms with E-state index in [1.807, 2.05) is 0 Å². The van der Waals surface area contributed by atoms with Crippen LogP contribution in [0.1, 0.15) is 18.6 Å². The van der Waals surface area contributed by atoms with Crippen LogP contribution in [0.5, 0.6) is 23.0 Å². The Morgan fingerprint density at radius 2 is 1.49 bits per heavy atom. The first-order chi connectivity index (χ1) is 21.4. The van der Waals surface area contributed by atoms with Gasteiger partial charge in [-0.2, -0.15) is 0 Å². The minimum Gasteiger partial charge on any atom is -0.506 e. The topological polar surface area (TPSA) is 227 Å². The lowest BCUT2D eigenvalue weighted by atomic mass is 9.89. The summed E-state index contributed by atoms with van der Waals surface area (Å²) in [6.45, 7) is 0.672. The van der Waals surface area contributed by atoms with Crippen molar-refractivity contribution in [3.63, 3.8) is 0 Å². The van der Waals surface area contributed by atoms with Gasteiger partial charge in [0.2, 0.25) is 0 Å². The van der Waals surface area contributed by atoms with Crippen molar-refractivity contribution in [2.45, 2.75) is 68.1 Å². The molecule has 0 aliphatic carbocycles. The molecule has 3 heterocycles. The molecule has 7 N–H and O–H groups in total. The maximum absolute atomic E-state index is 13.5. The Balaban J connectivity index is 1.61. The molecule has 15 nitrogen and oxygen atoms in total. The lowest BCUT2D eigenvalue weighted by Gasteiger charge is -2.46. The summed E-state index contributed by atoms with van der Waals surface area (Å²) in [5, 5.41) is 73.8. The van der Waals surface area contributed by atoms with E-state index in [4.69, 9.17) is 32.8 Å². The van der Waals surface area contributed by atoms with Gasteiger partial charge in [-0.15, -0.1) is 0 Å². The highest BCUT2D eigenvalue weighted by Gasteiger charge is 2.51. The van der Waals surface area contributed by atoms with E-state index in [0.717, 1.165) is 6.07 Å². The molecule has 15 heteroatoms. The van der Waals surface area contributed by atoms with Crippen LogP contribution in [-0.2, 0) is 14.2 Å². The number of aliphatic hydroxyl groups is 6. The molecule has 246 valence electrons. The molecule has 0 spiro atoms. The van der Waals surface area contributed by atoms with Crippen molar-refractivity contribution >= 4 is 11.0 Å². The van der Waals surface area contributed by atoms with E-state index in [1.54, 1.807) is 18.2 Å². The van der Waals surface area contributed by atoms with E-state index in [-0.39, 0.29) is 28.0 Å². The van der Waals surface area contributed by atoms with Crippen molar-refractivity contribution in [1.82, 2.24) is 0 Å². The van der Waals surface area contributed by atoms with E-state index in [2.05, 4.69) is 0 Å². The minimum absolute atomic E-state index is 0.0741. The second-order valence-corrected chi connectivity index (χ2v) is 10.8. The molecule has 0 saturated carbocycles. The Morgan fingerprint density at radius 3 is 2.13 bits per heavy atom. The van der Waals surface area contributed by atoms with Gasteiger partial charge in [0, 0.05) is 17.7 Å². The number of methoxy groups -OCH3 is 3. The standard InChI is InChI=1S/C30H36O15/c1-11-22(33)25(36)27(38)30(42-11)45-29-26(37)23(34)19(10-31)44-28(29)21-17(41-4)9-18-20(24(21)35)13(32)8-15(43-18)12-5-6-14(39-2)16(7-12)40-3/h5-9,11,19,22-23,25-31,33-38H,10H2,1-4H3. The summed E-state index contributed by atoms with van der Waals surface area (Å²) in [4.78, 5) is 13.5. The number of aliphatic hydroxyl groups excluding tert-OH is 6. The molecular formula is C30H36O15. The number of ether oxygens (including phenoxy) is 6. The van der Waals surface area contributed by atoms with Crippen LogP contribution in [0.25, 0.3) is 22.3 Å². The number of aromatic hydroxyl groups is 1. The van der Waals surface area contributed by atoms with Crippen LogP contribution in [0.2, 0.25) is 0 Å². The summed E-state index contributed by atoms with van der Waals surface area (Å²) in [5.41, 5.74) is -0.472. The Labute approximate surface area is 256 Å². The van der Waals surface area contributed by atoms with E-state index in [9.17, 15) is 40.5 Å². The van der Waals surface area contributed by atoms with Crippen LogP contribution in [0.3, 0.4) is 0 Å². The van der Waals surface area contributed by atoms with Gasteiger partial charge >= 0.3 is 0 Å². The zero-order valence-electron chi connectivity index (χ0n) is 24.8. The molecule has 1 aromatic heterocycles. The molecule has 0 bridgehead atoms. The van der Waals surface area contributed by atoms with Crippen LogP contribution >= 0.6 is 0 Å². The lowest BCUT2D eigenvalue weighted by Crippen LogP contribution is -2.61. The van der Waals surface area contributed by atoms with Crippen molar-refractivity contribution in [2.24, 2.45) is 0 Å². The zero-order valence-corrected chi connectivity index (χ0v) is 24.8. The fraction of sp³-hybridized carbons (Fsp3) is 0.500. The SMILES string of the molecule is COc1ccc(-c2cc(=O)c3c(O)c(C4OC(CO)C(O)C(O)C4OC4OC(C)C(O)C(O)C4O)c(OC)cc3o2)cc1OC. The molecule has 3 aromatic rings. The largest absolute Gasteiger partial charge is 0.506 e. The molecule has 0 amide bonds. The molecule has 2 saturated heterocycles. The highest BCUT2D eigenvalue weighted by Crippen LogP contribution is 2.46. The molecule has 0 radical (unpaired) electrons. The normalized spacial score (nSPS) is 32.0. The van der Waals surface area contributed by atoms with Crippen molar-refractivity contribution in [2.75, 3.05) is 27.9 Å². The highest BCUT2D eigenvalue weighted by atomic mass is 16.7. The number of rotatable bonds is 8.